The van der Waals surface area contributed by atoms with Gasteiger partial charge in [0, 0.05) is 36.0 Å². The number of benzene rings is 1. The van der Waals surface area contributed by atoms with Gasteiger partial charge in [-0.05, 0) is 81.6 Å². The van der Waals surface area contributed by atoms with Gasteiger partial charge in [-0.1, -0.05) is 43.5 Å². The molecule has 2 aromatic heterocycles. The summed E-state index contributed by atoms with van der Waals surface area (Å²) in [4.78, 5) is 6.04. The Kier molecular flexibility index (Phi) is 10.4. The molecule has 2 aliphatic rings. The molecule has 1 saturated carbocycles. The fraction of sp³-hybridized carbons (Fsp3) is 0.516. The molecular formula is C31H42N2O5S2. The number of rotatable bonds is 9. The van der Waals surface area contributed by atoms with Crippen LogP contribution in [0.3, 0.4) is 0 Å². The Morgan fingerprint density at radius 1 is 1.12 bits per heavy atom. The number of hydrogen-bond acceptors (Lipinski definition) is 7. The van der Waals surface area contributed by atoms with Crippen LogP contribution in [-0.4, -0.2) is 43.8 Å². The minimum atomic E-state index is -4.02. The molecule has 40 heavy (non-hydrogen) atoms. The normalized spacial score (nSPS) is 20.2. The van der Waals surface area contributed by atoms with Crippen LogP contribution in [0.4, 0.5) is 0 Å². The molecule has 1 aliphatic heterocycles. The quantitative estimate of drug-likeness (QED) is 0.218. The molecular weight excluding hydrogens is 544 g/mol. The maximum Gasteiger partial charge on any atom is 0.294 e. The number of nitrogens with one attached hydrogen (secondary N) is 1. The van der Waals surface area contributed by atoms with Crippen molar-refractivity contribution in [3.63, 3.8) is 0 Å². The summed E-state index contributed by atoms with van der Waals surface area (Å²) in [5.74, 6) is 1.07. The SMILES string of the molecule is CCc1csc(CNCC[C@@]2(c3ccccn3)CCOC3(CCCC3)C2)c1OC.Cc1ccc(S(=O)(=O)O)cc1. The summed E-state index contributed by atoms with van der Waals surface area (Å²) in [7, 11) is -2.24. The third kappa shape index (κ3) is 7.50. The van der Waals surface area contributed by atoms with Crippen molar-refractivity contribution in [1.29, 1.82) is 0 Å². The van der Waals surface area contributed by atoms with Crippen LogP contribution in [-0.2, 0) is 33.2 Å². The van der Waals surface area contributed by atoms with Crippen molar-refractivity contribution in [3.8, 4) is 5.75 Å². The Bertz CT molecular complexity index is 1320. The fourth-order valence-electron chi connectivity index (χ4n) is 6.07. The molecule has 0 bridgehead atoms. The zero-order chi connectivity index (χ0) is 28.6. The Morgan fingerprint density at radius 2 is 1.88 bits per heavy atom. The van der Waals surface area contributed by atoms with Crippen molar-refractivity contribution in [3.05, 3.63) is 75.7 Å². The summed E-state index contributed by atoms with van der Waals surface area (Å²) in [5.41, 5.74) is 3.72. The van der Waals surface area contributed by atoms with E-state index in [1.807, 2.05) is 19.2 Å². The minimum Gasteiger partial charge on any atom is -0.495 e. The Labute approximate surface area is 243 Å². The van der Waals surface area contributed by atoms with E-state index in [1.54, 1.807) is 30.6 Å². The molecule has 3 aromatic rings. The van der Waals surface area contributed by atoms with Gasteiger partial charge in [0.1, 0.15) is 5.75 Å². The van der Waals surface area contributed by atoms with Gasteiger partial charge >= 0.3 is 0 Å². The van der Waals surface area contributed by atoms with Crippen molar-refractivity contribution in [2.45, 2.75) is 87.7 Å². The number of aromatic nitrogens is 1. The molecule has 218 valence electrons. The molecule has 2 N–H and O–H groups in total. The number of methoxy groups -OCH3 is 1. The molecule has 1 atom stereocenters. The lowest BCUT2D eigenvalue weighted by Gasteiger charge is -2.46. The number of pyridine rings is 1. The van der Waals surface area contributed by atoms with Crippen molar-refractivity contribution in [2.24, 2.45) is 0 Å². The van der Waals surface area contributed by atoms with E-state index >= 15 is 0 Å². The second kappa shape index (κ2) is 13.6. The van der Waals surface area contributed by atoms with E-state index in [2.05, 4.69) is 29.8 Å². The van der Waals surface area contributed by atoms with E-state index < -0.39 is 10.1 Å². The minimum absolute atomic E-state index is 0.0666. The van der Waals surface area contributed by atoms with Crippen LogP contribution in [0, 0.1) is 6.92 Å². The Hall–Kier alpha value is -2.30. The summed E-state index contributed by atoms with van der Waals surface area (Å²) in [6.07, 6.45) is 11.3. The highest BCUT2D eigenvalue weighted by molar-refractivity contribution is 7.85. The molecule has 1 spiro atoms. The molecule has 7 nitrogen and oxygen atoms in total. The monoisotopic (exact) mass is 586 g/mol. The van der Waals surface area contributed by atoms with Crippen LogP contribution >= 0.6 is 11.3 Å². The van der Waals surface area contributed by atoms with Gasteiger partial charge in [-0.15, -0.1) is 11.3 Å². The van der Waals surface area contributed by atoms with E-state index in [4.69, 9.17) is 19.0 Å². The second-order valence-corrected chi connectivity index (χ2v) is 13.3. The highest BCUT2D eigenvalue weighted by atomic mass is 32.2. The maximum atomic E-state index is 10.5. The van der Waals surface area contributed by atoms with Crippen molar-refractivity contribution >= 4 is 21.5 Å². The molecule has 9 heteroatoms. The molecule has 1 aromatic carbocycles. The van der Waals surface area contributed by atoms with Crippen molar-refractivity contribution in [1.82, 2.24) is 10.3 Å². The zero-order valence-corrected chi connectivity index (χ0v) is 25.5. The van der Waals surface area contributed by atoms with Crippen LogP contribution in [0.2, 0.25) is 0 Å². The molecule has 0 radical (unpaired) electrons. The van der Waals surface area contributed by atoms with Crippen molar-refractivity contribution in [2.75, 3.05) is 20.3 Å². The number of aryl methyl sites for hydroxylation is 2. The first-order valence-electron chi connectivity index (χ1n) is 14.1. The summed E-state index contributed by atoms with van der Waals surface area (Å²) >= 11 is 1.80. The Morgan fingerprint density at radius 3 is 2.50 bits per heavy atom. The van der Waals surface area contributed by atoms with Gasteiger partial charge in [-0.25, -0.2) is 0 Å². The standard InChI is InChI=1S/C24H34N2O2S.C7H8O3S/c1-3-19-17-29-20(22(19)27-2)16-25-14-11-23(21-8-4-7-13-26-21)12-15-28-24(18-23)9-5-6-10-24;1-6-2-4-7(5-3-6)11(8,9)10/h4,7-8,13,17,25H,3,5-6,9-12,14-16,18H2,1-2H3;2-5H,1H3,(H,8,9,10)/t23-;/m1./s1. The number of nitrogens with zero attached hydrogens (tertiary/aromatic N) is 1. The maximum absolute atomic E-state index is 10.5. The van der Waals surface area contributed by atoms with Gasteiger partial charge in [0.25, 0.3) is 10.1 Å². The zero-order valence-electron chi connectivity index (χ0n) is 23.8. The lowest BCUT2D eigenvalue weighted by molar-refractivity contribution is -0.104. The van der Waals surface area contributed by atoms with Gasteiger partial charge in [0.15, 0.2) is 0 Å². The van der Waals surface area contributed by atoms with E-state index in [1.165, 1.54) is 54.0 Å². The third-order valence-corrected chi connectivity index (χ3v) is 10.1. The first kappa shape index (κ1) is 30.7. The topological polar surface area (TPSA) is 97.8 Å². The molecule has 0 unspecified atom stereocenters. The van der Waals surface area contributed by atoms with Crippen LogP contribution in [0.15, 0.2) is 58.9 Å². The summed E-state index contributed by atoms with van der Waals surface area (Å²) < 4.78 is 41.6. The summed E-state index contributed by atoms with van der Waals surface area (Å²) in [6, 6.07) is 12.4. The third-order valence-electron chi connectivity index (χ3n) is 8.23. The Balaban J connectivity index is 0.000000283. The predicted octanol–water partition coefficient (Wildman–Crippen LogP) is 6.50. The number of thiophene rings is 1. The molecule has 3 heterocycles. The first-order chi connectivity index (χ1) is 19.2. The molecule has 5 rings (SSSR count). The predicted molar refractivity (Wildman–Crippen MR) is 160 cm³/mol. The second-order valence-electron chi connectivity index (χ2n) is 10.9. The van der Waals surface area contributed by atoms with Gasteiger partial charge in [0.2, 0.25) is 0 Å². The molecule has 1 aliphatic carbocycles. The lowest BCUT2D eigenvalue weighted by Crippen LogP contribution is -2.47. The van der Waals surface area contributed by atoms with Crippen molar-refractivity contribution < 1.29 is 22.4 Å². The van der Waals surface area contributed by atoms with Gasteiger partial charge in [-0.2, -0.15) is 8.42 Å². The molecule has 1 saturated heterocycles. The van der Waals surface area contributed by atoms with Gasteiger partial charge in [-0.3, -0.25) is 9.54 Å². The van der Waals surface area contributed by atoms with E-state index in [0.29, 0.717) is 0 Å². The molecule has 0 amide bonds. The lowest BCUT2D eigenvalue weighted by atomic mass is 9.68. The number of hydrogen-bond donors (Lipinski definition) is 2. The average molecular weight is 587 g/mol. The van der Waals surface area contributed by atoms with Gasteiger partial charge < -0.3 is 14.8 Å². The smallest absolute Gasteiger partial charge is 0.294 e. The number of ether oxygens (including phenoxy) is 2. The highest BCUT2D eigenvalue weighted by Gasteiger charge is 2.48. The van der Waals surface area contributed by atoms with Crippen LogP contribution in [0.1, 0.15) is 73.6 Å². The van der Waals surface area contributed by atoms with Crippen LogP contribution in [0.5, 0.6) is 5.75 Å². The van der Waals surface area contributed by atoms with Crippen LogP contribution in [0.25, 0.3) is 0 Å². The summed E-state index contributed by atoms with van der Waals surface area (Å²) in [6.45, 7) is 6.73. The van der Waals surface area contributed by atoms with E-state index in [-0.39, 0.29) is 15.9 Å². The van der Waals surface area contributed by atoms with E-state index in [0.717, 1.165) is 56.7 Å². The average Bonchev–Trinajstić information content (AvgIpc) is 3.58. The summed E-state index contributed by atoms with van der Waals surface area (Å²) in [5, 5.41) is 5.93. The first-order valence-corrected chi connectivity index (χ1v) is 16.5. The van der Waals surface area contributed by atoms with Gasteiger partial charge in [0.05, 0.1) is 22.5 Å². The molecule has 2 fully saturated rings. The largest absolute Gasteiger partial charge is 0.495 e. The van der Waals surface area contributed by atoms with Crippen LogP contribution < -0.4 is 10.1 Å². The fourth-order valence-corrected chi connectivity index (χ4v) is 7.62. The highest BCUT2D eigenvalue weighted by Crippen LogP contribution is 2.49. The van der Waals surface area contributed by atoms with E-state index in [9.17, 15) is 8.42 Å².